The van der Waals surface area contributed by atoms with E-state index in [1.165, 1.54) is 55.2 Å². The molecule has 1 nitrogen and oxygen atoms in total. The van der Waals surface area contributed by atoms with Gasteiger partial charge in [-0.2, -0.15) is 0 Å². The Bertz CT molecular complexity index is 1520. The maximum Gasteiger partial charge on any atom is 0.0468 e. The summed E-state index contributed by atoms with van der Waals surface area (Å²) >= 11 is 0. The molecule has 1 heterocycles. The Hall–Kier alpha value is -3.32. The molecule has 2 unspecified atom stereocenters. The van der Waals surface area contributed by atoms with Crippen LogP contribution in [0.4, 0.5) is 0 Å². The lowest BCUT2D eigenvalue weighted by molar-refractivity contribution is 0.482. The Balaban J connectivity index is 1.53. The fourth-order valence-electron chi connectivity index (χ4n) is 6.37. The van der Waals surface area contributed by atoms with Crippen molar-refractivity contribution >= 4 is 27.8 Å². The van der Waals surface area contributed by atoms with Crippen molar-refractivity contribution in [2.24, 2.45) is 5.41 Å². The molecule has 1 heteroatoms. The van der Waals surface area contributed by atoms with Crippen molar-refractivity contribution in [2.75, 3.05) is 0 Å². The molecule has 3 aromatic carbocycles. The summed E-state index contributed by atoms with van der Waals surface area (Å²) in [6.45, 7) is 7.12. The Labute approximate surface area is 182 Å². The maximum absolute atomic E-state index is 3.75. The van der Waals surface area contributed by atoms with E-state index >= 15 is 0 Å². The number of hydrogen-bond donors (Lipinski definition) is 1. The lowest BCUT2D eigenvalue weighted by Gasteiger charge is -2.35. The molecule has 3 aliphatic rings. The fourth-order valence-corrected chi connectivity index (χ4v) is 6.37. The SMILES string of the molecule is CC1(C)c2cc3c4c([nH]c3cc2-c2ccc3ccccc3c21)C=CC1(C)C=CC=CC41. The molecule has 0 radical (unpaired) electrons. The third-order valence-electron chi connectivity index (χ3n) is 7.99. The number of hydrogen-bond acceptors (Lipinski definition) is 0. The number of rotatable bonds is 0. The van der Waals surface area contributed by atoms with Crippen molar-refractivity contribution in [1.29, 1.82) is 0 Å². The summed E-state index contributed by atoms with van der Waals surface area (Å²) in [7, 11) is 0. The molecule has 0 bridgehead atoms. The zero-order chi connectivity index (χ0) is 21.0. The largest absolute Gasteiger partial charge is 0.355 e. The average molecular weight is 400 g/mol. The molecule has 3 aliphatic carbocycles. The van der Waals surface area contributed by atoms with Gasteiger partial charge in [-0.25, -0.2) is 0 Å². The second-order valence-electron chi connectivity index (χ2n) is 10.2. The molecule has 2 atom stereocenters. The second kappa shape index (κ2) is 5.48. The van der Waals surface area contributed by atoms with Gasteiger partial charge in [0.1, 0.15) is 0 Å². The molecule has 4 aromatic rings. The van der Waals surface area contributed by atoms with Crippen LogP contribution in [0.5, 0.6) is 0 Å². The predicted molar refractivity (Wildman–Crippen MR) is 132 cm³/mol. The van der Waals surface area contributed by atoms with E-state index < -0.39 is 0 Å². The van der Waals surface area contributed by atoms with E-state index in [4.69, 9.17) is 0 Å². The van der Waals surface area contributed by atoms with Crippen LogP contribution < -0.4 is 0 Å². The quantitative estimate of drug-likeness (QED) is 0.310. The van der Waals surface area contributed by atoms with Crippen molar-refractivity contribution in [2.45, 2.75) is 32.1 Å². The molecule has 0 spiro atoms. The van der Waals surface area contributed by atoms with Crippen LogP contribution in [0.1, 0.15) is 49.1 Å². The van der Waals surface area contributed by atoms with Crippen LogP contribution >= 0.6 is 0 Å². The van der Waals surface area contributed by atoms with Crippen LogP contribution in [0.3, 0.4) is 0 Å². The van der Waals surface area contributed by atoms with Gasteiger partial charge in [0.15, 0.2) is 0 Å². The first-order valence-electron chi connectivity index (χ1n) is 11.3. The summed E-state index contributed by atoms with van der Waals surface area (Å²) in [5.41, 5.74) is 9.64. The van der Waals surface area contributed by atoms with Crippen LogP contribution in [0.2, 0.25) is 0 Å². The van der Waals surface area contributed by atoms with Crippen LogP contribution in [0.15, 0.2) is 78.9 Å². The van der Waals surface area contributed by atoms with Gasteiger partial charge >= 0.3 is 0 Å². The zero-order valence-electron chi connectivity index (χ0n) is 18.2. The van der Waals surface area contributed by atoms with Gasteiger partial charge in [0, 0.05) is 33.3 Å². The topological polar surface area (TPSA) is 15.8 Å². The molecular weight excluding hydrogens is 374 g/mol. The van der Waals surface area contributed by atoms with Crippen LogP contribution in [0, 0.1) is 5.41 Å². The fraction of sp³-hybridized carbons (Fsp3) is 0.200. The van der Waals surface area contributed by atoms with Crippen molar-refractivity contribution in [1.82, 2.24) is 4.98 Å². The molecule has 1 N–H and O–H groups in total. The van der Waals surface area contributed by atoms with Crippen molar-refractivity contribution in [3.05, 3.63) is 101 Å². The summed E-state index contributed by atoms with van der Waals surface area (Å²) in [5, 5.41) is 4.08. The summed E-state index contributed by atoms with van der Waals surface area (Å²) in [6.07, 6.45) is 13.7. The molecule has 7 rings (SSSR count). The third-order valence-corrected chi connectivity index (χ3v) is 7.99. The van der Waals surface area contributed by atoms with Crippen molar-refractivity contribution < 1.29 is 0 Å². The average Bonchev–Trinajstić information content (AvgIpc) is 3.24. The molecule has 1 aromatic heterocycles. The summed E-state index contributed by atoms with van der Waals surface area (Å²) in [6, 6.07) is 18.3. The second-order valence-corrected chi connectivity index (χ2v) is 10.2. The predicted octanol–water partition coefficient (Wildman–Crippen LogP) is 7.87. The highest BCUT2D eigenvalue weighted by molar-refractivity contribution is 6.01. The first-order chi connectivity index (χ1) is 15.0. The van der Waals surface area contributed by atoms with Gasteiger partial charge in [-0.3, -0.25) is 0 Å². The number of benzene rings is 3. The van der Waals surface area contributed by atoms with Gasteiger partial charge in [-0.15, -0.1) is 0 Å². The zero-order valence-corrected chi connectivity index (χ0v) is 18.2. The Morgan fingerprint density at radius 2 is 1.71 bits per heavy atom. The normalized spacial score (nSPS) is 24.3. The number of aromatic amines is 1. The molecule has 0 saturated carbocycles. The van der Waals surface area contributed by atoms with Gasteiger partial charge in [-0.05, 0) is 56.8 Å². The molecule has 0 aliphatic heterocycles. The smallest absolute Gasteiger partial charge is 0.0468 e. The van der Waals surface area contributed by atoms with Gasteiger partial charge in [0.25, 0.3) is 0 Å². The first kappa shape index (κ1) is 17.4. The highest BCUT2D eigenvalue weighted by atomic mass is 14.7. The van der Waals surface area contributed by atoms with Gasteiger partial charge in [0.2, 0.25) is 0 Å². The van der Waals surface area contributed by atoms with E-state index in [1.54, 1.807) is 0 Å². The molecule has 150 valence electrons. The Morgan fingerprint density at radius 1 is 0.839 bits per heavy atom. The number of fused-ring (bicyclic) bond motifs is 10. The number of nitrogens with one attached hydrogen (secondary N) is 1. The number of H-pyrrole nitrogens is 1. The lowest BCUT2D eigenvalue weighted by Crippen LogP contribution is -2.24. The lowest BCUT2D eigenvalue weighted by atomic mass is 9.67. The standard InChI is InChI=1S/C30H25N/c1-29(2)24-16-22-26(31-25-13-15-30(3)14-7-6-10-23(30)27(22)25)17-21(24)20-12-11-18-8-4-5-9-19(18)28(20)29/h4-17,23,31H,1-3H3. The highest BCUT2D eigenvalue weighted by Crippen LogP contribution is 2.54. The van der Waals surface area contributed by atoms with Gasteiger partial charge in [-0.1, -0.05) is 87.5 Å². The molecular formula is C30H25N. The van der Waals surface area contributed by atoms with Crippen LogP contribution in [-0.2, 0) is 5.41 Å². The summed E-state index contributed by atoms with van der Waals surface area (Å²) < 4.78 is 0. The minimum absolute atomic E-state index is 0.0278. The van der Waals surface area contributed by atoms with E-state index in [0.29, 0.717) is 5.92 Å². The monoisotopic (exact) mass is 399 g/mol. The molecule has 31 heavy (non-hydrogen) atoms. The van der Waals surface area contributed by atoms with E-state index in [-0.39, 0.29) is 10.8 Å². The van der Waals surface area contributed by atoms with Crippen molar-refractivity contribution in [3.8, 4) is 11.1 Å². The Kier molecular flexibility index (Phi) is 3.07. The maximum atomic E-state index is 3.75. The summed E-state index contributed by atoms with van der Waals surface area (Å²) in [5.74, 6) is 0.372. The minimum Gasteiger partial charge on any atom is -0.355 e. The van der Waals surface area contributed by atoms with Crippen LogP contribution in [0.25, 0.3) is 38.9 Å². The Morgan fingerprint density at radius 3 is 2.61 bits per heavy atom. The van der Waals surface area contributed by atoms with E-state index in [0.717, 1.165) is 0 Å². The first-order valence-corrected chi connectivity index (χ1v) is 11.3. The minimum atomic E-state index is -0.0278. The van der Waals surface area contributed by atoms with Crippen LogP contribution in [-0.4, -0.2) is 4.98 Å². The molecule has 0 amide bonds. The van der Waals surface area contributed by atoms with Gasteiger partial charge < -0.3 is 4.98 Å². The van der Waals surface area contributed by atoms with E-state index in [1.807, 2.05) is 0 Å². The third kappa shape index (κ3) is 2.07. The summed E-state index contributed by atoms with van der Waals surface area (Å²) in [4.78, 5) is 3.75. The molecule has 0 saturated heterocycles. The number of allylic oxidation sites excluding steroid dienone is 5. The van der Waals surface area contributed by atoms with Gasteiger partial charge in [0.05, 0.1) is 0 Å². The van der Waals surface area contributed by atoms with E-state index in [9.17, 15) is 0 Å². The number of aromatic nitrogens is 1. The highest BCUT2D eigenvalue weighted by Gasteiger charge is 2.40. The molecule has 0 fully saturated rings. The van der Waals surface area contributed by atoms with Crippen molar-refractivity contribution in [3.63, 3.8) is 0 Å². The van der Waals surface area contributed by atoms with E-state index in [2.05, 4.69) is 111 Å².